The molecule has 1 amide bonds. The second-order valence-electron chi connectivity index (χ2n) is 4.38. The predicted octanol–water partition coefficient (Wildman–Crippen LogP) is 0.869. The van der Waals surface area contributed by atoms with Gasteiger partial charge >= 0.3 is 0 Å². The van der Waals surface area contributed by atoms with Crippen LogP contribution in [0.15, 0.2) is 0 Å². The van der Waals surface area contributed by atoms with E-state index >= 15 is 0 Å². The highest BCUT2D eigenvalue weighted by Gasteiger charge is 2.28. The second-order valence-corrected chi connectivity index (χ2v) is 4.38. The number of carbonyl (C=O) groups is 1. The SMILES string of the molecule is CCNCC(C)C(=O)N1CCOCC1CC. The van der Waals surface area contributed by atoms with Gasteiger partial charge in [-0.15, -0.1) is 0 Å². The zero-order valence-electron chi connectivity index (χ0n) is 10.7. The summed E-state index contributed by atoms with van der Waals surface area (Å²) in [7, 11) is 0. The number of ether oxygens (including phenoxy) is 1. The minimum Gasteiger partial charge on any atom is -0.377 e. The average molecular weight is 228 g/mol. The van der Waals surface area contributed by atoms with Crippen LogP contribution in [0.5, 0.6) is 0 Å². The number of rotatable bonds is 5. The molecule has 0 radical (unpaired) electrons. The molecule has 0 aromatic heterocycles. The van der Waals surface area contributed by atoms with E-state index in [0.29, 0.717) is 13.2 Å². The molecule has 1 aliphatic heterocycles. The highest BCUT2D eigenvalue weighted by molar-refractivity contribution is 5.79. The highest BCUT2D eigenvalue weighted by Crippen LogP contribution is 2.13. The summed E-state index contributed by atoms with van der Waals surface area (Å²) in [4.78, 5) is 14.2. The van der Waals surface area contributed by atoms with E-state index in [1.165, 1.54) is 0 Å². The van der Waals surface area contributed by atoms with Crippen LogP contribution in [0.25, 0.3) is 0 Å². The van der Waals surface area contributed by atoms with Crippen LogP contribution in [0, 0.1) is 5.92 Å². The fraction of sp³-hybridized carbons (Fsp3) is 0.917. The van der Waals surface area contributed by atoms with Gasteiger partial charge in [-0.2, -0.15) is 0 Å². The van der Waals surface area contributed by atoms with Crippen molar-refractivity contribution in [3.63, 3.8) is 0 Å². The summed E-state index contributed by atoms with van der Waals surface area (Å²) >= 11 is 0. The zero-order valence-corrected chi connectivity index (χ0v) is 10.7. The standard InChI is InChI=1S/C12H24N2O2/c1-4-11-9-16-7-6-14(11)12(15)10(3)8-13-5-2/h10-11,13H,4-9H2,1-3H3. The van der Waals surface area contributed by atoms with Crippen LogP contribution >= 0.6 is 0 Å². The van der Waals surface area contributed by atoms with Crippen LogP contribution in [0.4, 0.5) is 0 Å². The summed E-state index contributed by atoms with van der Waals surface area (Å²) < 4.78 is 5.40. The van der Waals surface area contributed by atoms with E-state index in [0.717, 1.165) is 26.1 Å². The molecule has 1 rings (SSSR count). The van der Waals surface area contributed by atoms with Gasteiger partial charge in [0.15, 0.2) is 0 Å². The van der Waals surface area contributed by atoms with Crippen molar-refractivity contribution in [2.45, 2.75) is 33.2 Å². The van der Waals surface area contributed by atoms with Crippen LogP contribution in [0.1, 0.15) is 27.2 Å². The number of carbonyl (C=O) groups excluding carboxylic acids is 1. The topological polar surface area (TPSA) is 41.6 Å². The van der Waals surface area contributed by atoms with Crippen molar-refractivity contribution in [1.29, 1.82) is 0 Å². The lowest BCUT2D eigenvalue weighted by Crippen LogP contribution is -2.51. The summed E-state index contributed by atoms with van der Waals surface area (Å²) in [6.45, 7) is 9.95. The van der Waals surface area contributed by atoms with Gasteiger partial charge in [0.2, 0.25) is 5.91 Å². The zero-order chi connectivity index (χ0) is 12.0. The molecule has 1 aliphatic rings. The monoisotopic (exact) mass is 228 g/mol. The highest BCUT2D eigenvalue weighted by atomic mass is 16.5. The van der Waals surface area contributed by atoms with Gasteiger partial charge in [-0.3, -0.25) is 4.79 Å². The second kappa shape index (κ2) is 6.86. The van der Waals surface area contributed by atoms with Gasteiger partial charge in [-0.1, -0.05) is 20.8 Å². The molecule has 2 atom stereocenters. The number of hydrogen-bond donors (Lipinski definition) is 1. The molecular weight excluding hydrogens is 204 g/mol. The van der Waals surface area contributed by atoms with E-state index in [1.807, 2.05) is 11.8 Å². The van der Waals surface area contributed by atoms with Crippen molar-refractivity contribution in [1.82, 2.24) is 10.2 Å². The fourth-order valence-corrected chi connectivity index (χ4v) is 2.01. The molecule has 94 valence electrons. The molecule has 4 heteroatoms. The first-order valence-corrected chi connectivity index (χ1v) is 6.29. The van der Waals surface area contributed by atoms with Crippen LogP contribution < -0.4 is 5.32 Å². The Morgan fingerprint density at radius 1 is 1.56 bits per heavy atom. The molecule has 16 heavy (non-hydrogen) atoms. The van der Waals surface area contributed by atoms with Crippen molar-refractivity contribution < 1.29 is 9.53 Å². The van der Waals surface area contributed by atoms with Gasteiger partial charge in [0.25, 0.3) is 0 Å². The normalized spacial score (nSPS) is 23.2. The first-order chi connectivity index (χ1) is 7.70. The minimum absolute atomic E-state index is 0.0621. The number of amides is 1. The number of morpholine rings is 1. The molecule has 2 unspecified atom stereocenters. The van der Waals surface area contributed by atoms with E-state index in [4.69, 9.17) is 4.74 Å². The van der Waals surface area contributed by atoms with Crippen molar-refractivity contribution >= 4 is 5.91 Å². The predicted molar refractivity (Wildman–Crippen MR) is 64.3 cm³/mol. The molecule has 0 saturated carbocycles. The number of hydrogen-bond acceptors (Lipinski definition) is 3. The van der Waals surface area contributed by atoms with E-state index in [-0.39, 0.29) is 17.9 Å². The fourth-order valence-electron chi connectivity index (χ4n) is 2.01. The van der Waals surface area contributed by atoms with Gasteiger partial charge < -0.3 is 15.0 Å². The summed E-state index contributed by atoms with van der Waals surface area (Å²) in [5, 5.41) is 3.22. The lowest BCUT2D eigenvalue weighted by atomic mass is 10.1. The number of nitrogens with zero attached hydrogens (tertiary/aromatic N) is 1. The van der Waals surface area contributed by atoms with Crippen LogP contribution in [0.2, 0.25) is 0 Å². The lowest BCUT2D eigenvalue weighted by molar-refractivity contribution is -0.143. The Hall–Kier alpha value is -0.610. The van der Waals surface area contributed by atoms with Gasteiger partial charge in [0.05, 0.1) is 19.3 Å². The van der Waals surface area contributed by atoms with Crippen LogP contribution in [-0.4, -0.2) is 49.7 Å². The molecule has 0 spiro atoms. The average Bonchev–Trinajstić information content (AvgIpc) is 2.34. The largest absolute Gasteiger partial charge is 0.377 e. The Balaban J connectivity index is 2.49. The Morgan fingerprint density at radius 2 is 2.31 bits per heavy atom. The third-order valence-corrected chi connectivity index (χ3v) is 3.10. The molecule has 0 aromatic carbocycles. The minimum atomic E-state index is 0.0621. The molecule has 1 heterocycles. The molecule has 0 aliphatic carbocycles. The van der Waals surface area contributed by atoms with Crippen LogP contribution in [0.3, 0.4) is 0 Å². The molecule has 1 fully saturated rings. The van der Waals surface area contributed by atoms with Crippen molar-refractivity contribution in [2.75, 3.05) is 32.8 Å². The van der Waals surface area contributed by atoms with Gasteiger partial charge in [-0.05, 0) is 13.0 Å². The first-order valence-electron chi connectivity index (χ1n) is 6.29. The maximum absolute atomic E-state index is 12.2. The van der Waals surface area contributed by atoms with Crippen molar-refractivity contribution in [2.24, 2.45) is 5.92 Å². The van der Waals surface area contributed by atoms with Gasteiger partial charge in [0, 0.05) is 19.0 Å². The molecule has 1 N–H and O–H groups in total. The Labute approximate surface area is 98.3 Å². The van der Waals surface area contributed by atoms with E-state index < -0.39 is 0 Å². The Morgan fingerprint density at radius 3 is 2.94 bits per heavy atom. The van der Waals surface area contributed by atoms with E-state index in [2.05, 4.69) is 19.2 Å². The Bertz CT molecular complexity index is 221. The summed E-state index contributed by atoms with van der Waals surface area (Å²) in [5.41, 5.74) is 0. The molecule has 0 aromatic rings. The molecular formula is C12H24N2O2. The smallest absolute Gasteiger partial charge is 0.227 e. The first kappa shape index (κ1) is 13.5. The third-order valence-electron chi connectivity index (χ3n) is 3.10. The Kier molecular flexibility index (Phi) is 5.77. The van der Waals surface area contributed by atoms with Crippen molar-refractivity contribution in [3.05, 3.63) is 0 Å². The van der Waals surface area contributed by atoms with Crippen LogP contribution in [-0.2, 0) is 9.53 Å². The summed E-state index contributed by atoms with van der Waals surface area (Å²) in [5.74, 6) is 0.322. The van der Waals surface area contributed by atoms with Crippen molar-refractivity contribution in [3.8, 4) is 0 Å². The summed E-state index contributed by atoms with van der Waals surface area (Å²) in [6.07, 6.45) is 0.972. The molecule has 0 bridgehead atoms. The van der Waals surface area contributed by atoms with Gasteiger partial charge in [-0.25, -0.2) is 0 Å². The quantitative estimate of drug-likeness (QED) is 0.759. The summed E-state index contributed by atoms with van der Waals surface area (Å²) in [6, 6.07) is 0.269. The number of nitrogens with one attached hydrogen (secondary N) is 1. The maximum atomic E-state index is 12.2. The van der Waals surface area contributed by atoms with Gasteiger partial charge in [0.1, 0.15) is 0 Å². The lowest BCUT2D eigenvalue weighted by Gasteiger charge is -2.36. The molecule has 1 saturated heterocycles. The molecule has 4 nitrogen and oxygen atoms in total. The van der Waals surface area contributed by atoms with E-state index in [1.54, 1.807) is 0 Å². The van der Waals surface area contributed by atoms with E-state index in [9.17, 15) is 4.79 Å². The maximum Gasteiger partial charge on any atom is 0.227 e. The third kappa shape index (κ3) is 3.46.